The zero-order valence-corrected chi connectivity index (χ0v) is 16.3. The molecule has 0 spiro atoms. The highest BCUT2D eigenvalue weighted by Crippen LogP contribution is 2.25. The number of aryl methyl sites for hydroxylation is 2. The molecule has 0 bridgehead atoms. The Morgan fingerprint density at radius 3 is 2.46 bits per heavy atom. The summed E-state index contributed by atoms with van der Waals surface area (Å²) in [6.07, 6.45) is 1.11. The van der Waals surface area contributed by atoms with Crippen LogP contribution in [-0.4, -0.2) is 19.1 Å². The molecule has 2 aromatic carbocycles. The maximum Gasteiger partial charge on any atom is 0.261 e. The van der Waals surface area contributed by atoms with Crippen LogP contribution in [0.3, 0.4) is 0 Å². The first-order valence-electron chi connectivity index (χ1n) is 9.19. The molecular weight excluding hydrogens is 326 g/mol. The Morgan fingerprint density at radius 2 is 1.85 bits per heavy atom. The average Bonchev–Trinajstić information content (AvgIpc) is 2.66. The zero-order valence-electron chi connectivity index (χ0n) is 16.3. The molecular formula is C22H29NO3. The van der Waals surface area contributed by atoms with Crippen molar-refractivity contribution in [3.8, 4) is 11.5 Å². The lowest BCUT2D eigenvalue weighted by Gasteiger charge is -2.22. The monoisotopic (exact) mass is 355 g/mol. The molecule has 0 aromatic heterocycles. The number of ether oxygens (including phenoxy) is 2. The molecule has 0 heterocycles. The van der Waals surface area contributed by atoms with Gasteiger partial charge in [-0.25, -0.2) is 0 Å². The molecule has 0 unspecified atom stereocenters. The molecule has 1 N–H and O–H groups in total. The molecule has 0 fully saturated rings. The molecule has 0 saturated heterocycles. The molecule has 0 saturated carbocycles. The minimum Gasteiger partial charge on any atom is -0.496 e. The first-order chi connectivity index (χ1) is 12.5. The van der Waals surface area contributed by atoms with E-state index in [1.165, 1.54) is 0 Å². The summed E-state index contributed by atoms with van der Waals surface area (Å²) in [7, 11) is 1.66. The Morgan fingerprint density at radius 1 is 1.12 bits per heavy atom. The topological polar surface area (TPSA) is 47.6 Å². The van der Waals surface area contributed by atoms with Gasteiger partial charge in [-0.1, -0.05) is 44.2 Å². The van der Waals surface area contributed by atoms with E-state index >= 15 is 0 Å². The Kier molecular flexibility index (Phi) is 7.07. The summed E-state index contributed by atoms with van der Waals surface area (Å²) in [6, 6.07) is 13.8. The van der Waals surface area contributed by atoms with Crippen molar-refractivity contribution in [1.29, 1.82) is 0 Å². The molecule has 2 rings (SSSR count). The number of amides is 1. The standard InChI is InChI=1S/C22H29NO3/c1-6-17-10-8-9-11-21(17)26-16(4)22(24)23-19(7-2)18-12-13-20(25-5)15(3)14-18/h8-14,16,19H,6-7H2,1-5H3,(H,23,24)/t16-,19+/m0/s1. The van der Waals surface area contributed by atoms with Gasteiger partial charge in [-0.05, 0) is 55.5 Å². The second kappa shape index (κ2) is 9.27. The quantitative estimate of drug-likeness (QED) is 0.753. The van der Waals surface area contributed by atoms with Gasteiger partial charge in [-0.15, -0.1) is 0 Å². The molecule has 0 aliphatic rings. The van der Waals surface area contributed by atoms with Crippen molar-refractivity contribution in [3.05, 3.63) is 59.2 Å². The Hall–Kier alpha value is -2.49. The van der Waals surface area contributed by atoms with Crippen LogP contribution >= 0.6 is 0 Å². The average molecular weight is 355 g/mol. The van der Waals surface area contributed by atoms with E-state index in [4.69, 9.17) is 9.47 Å². The fourth-order valence-corrected chi connectivity index (χ4v) is 2.98. The predicted molar refractivity (Wildman–Crippen MR) is 105 cm³/mol. The summed E-state index contributed by atoms with van der Waals surface area (Å²) in [6.45, 7) is 7.92. The maximum absolute atomic E-state index is 12.6. The number of rotatable bonds is 8. The molecule has 2 atom stereocenters. The zero-order chi connectivity index (χ0) is 19.1. The van der Waals surface area contributed by atoms with Gasteiger partial charge in [0.05, 0.1) is 13.2 Å². The van der Waals surface area contributed by atoms with Crippen molar-refractivity contribution in [2.24, 2.45) is 0 Å². The van der Waals surface area contributed by atoms with E-state index in [-0.39, 0.29) is 11.9 Å². The third-order valence-corrected chi connectivity index (χ3v) is 4.57. The highest BCUT2D eigenvalue weighted by molar-refractivity contribution is 5.81. The minimum atomic E-state index is -0.559. The van der Waals surface area contributed by atoms with Gasteiger partial charge in [-0.3, -0.25) is 4.79 Å². The molecule has 26 heavy (non-hydrogen) atoms. The van der Waals surface area contributed by atoms with Crippen LogP contribution in [0.1, 0.15) is 49.9 Å². The molecule has 140 valence electrons. The van der Waals surface area contributed by atoms with Gasteiger partial charge in [0.2, 0.25) is 0 Å². The summed E-state index contributed by atoms with van der Waals surface area (Å²) in [5, 5.41) is 3.10. The van der Waals surface area contributed by atoms with E-state index in [9.17, 15) is 4.79 Å². The van der Waals surface area contributed by atoms with Crippen molar-refractivity contribution in [2.75, 3.05) is 7.11 Å². The predicted octanol–water partition coefficient (Wildman–Crippen LogP) is 4.60. The fraction of sp³-hybridized carbons (Fsp3) is 0.409. The van der Waals surface area contributed by atoms with Crippen molar-refractivity contribution in [1.82, 2.24) is 5.32 Å². The highest BCUT2D eigenvalue weighted by Gasteiger charge is 2.20. The number of hydrogen-bond acceptors (Lipinski definition) is 3. The van der Waals surface area contributed by atoms with Gasteiger partial charge in [0, 0.05) is 0 Å². The van der Waals surface area contributed by atoms with Gasteiger partial charge in [0.25, 0.3) is 5.91 Å². The number of carbonyl (C=O) groups is 1. The molecule has 4 nitrogen and oxygen atoms in total. The summed E-state index contributed by atoms with van der Waals surface area (Å²) in [5.74, 6) is 1.50. The lowest BCUT2D eigenvalue weighted by molar-refractivity contribution is -0.128. The second-order valence-electron chi connectivity index (χ2n) is 6.42. The van der Waals surface area contributed by atoms with Crippen LogP contribution in [0.25, 0.3) is 0 Å². The number of methoxy groups -OCH3 is 1. The summed E-state index contributed by atoms with van der Waals surface area (Å²) < 4.78 is 11.2. The Balaban J connectivity index is 2.07. The van der Waals surface area contributed by atoms with Crippen LogP contribution < -0.4 is 14.8 Å². The number of carbonyl (C=O) groups excluding carboxylic acids is 1. The maximum atomic E-state index is 12.6. The van der Waals surface area contributed by atoms with E-state index in [1.807, 2.05) is 43.3 Å². The molecule has 4 heteroatoms. The third-order valence-electron chi connectivity index (χ3n) is 4.57. The SMILES string of the molecule is CCc1ccccc1O[C@@H](C)C(=O)N[C@H](CC)c1ccc(OC)c(C)c1. The van der Waals surface area contributed by atoms with E-state index in [2.05, 4.69) is 25.2 Å². The summed E-state index contributed by atoms with van der Waals surface area (Å²) in [5.41, 5.74) is 3.23. The van der Waals surface area contributed by atoms with Crippen LogP contribution in [0.15, 0.2) is 42.5 Å². The van der Waals surface area contributed by atoms with Crippen molar-refractivity contribution in [2.45, 2.75) is 52.7 Å². The fourth-order valence-electron chi connectivity index (χ4n) is 2.98. The van der Waals surface area contributed by atoms with E-state index in [0.717, 1.165) is 41.0 Å². The largest absolute Gasteiger partial charge is 0.496 e. The molecule has 0 aliphatic carbocycles. The van der Waals surface area contributed by atoms with E-state index in [0.29, 0.717) is 0 Å². The second-order valence-corrected chi connectivity index (χ2v) is 6.42. The van der Waals surface area contributed by atoms with Gasteiger partial charge < -0.3 is 14.8 Å². The van der Waals surface area contributed by atoms with E-state index in [1.54, 1.807) is 14.0 Å². The minimum absolute atomic E-state index is 0.0559. The number of hydrogen-bond donors (Lipinski definition) is 1. The molecule has 2 aromatic rings. The summed E-state index contributed by atoms with van der Waals surface area (Å²) >= 11 is 0. The van der Waals surface area contributed by atoms with Crippen LogP contribution in [0.4, 0.5) is 0 Å². The number of nitrogens with one attached hydrogen (secondary N) is 1. The van der Waals surface area contributed by atoms with Gasteiger partial charge in [0.15, 0.2) is 6.10 Å². The Bertz CT molecular complexity index is 742. The number of para-hydroxylation sites is 1. The molecule has 0 aliphatic heterocycles. The van der Waals surface area contributed by atoms with Gasteiger partial charge in [-0.2, -0.15) is 0 Å². The van der Waals surface area contributed by atoms with Crippen molar-refractivity contribution >= 4 is 5.91 Å². The van der Waals surface area contributed by atoms with Gasteiger partial charge in [0.1, 0.15) is 11.5 Å². The van der Waals surface area contributed by atoms with E-state index < -0.39 is 6.10 Å². The van der Waals surface area contributed by atoms with Crippen molar-refractivity contribution in [3.63, 3.8) is 0 Å². The normalized spacial score (nSPS) is 13.0. The third kappa shape index (κ3) is 4.78. The van der Waals surface area contributed by atoms with Crippen LogP contribution in [0.2, 0.25) is 0 Å². The molecule has 1 amide bonds. The lowest BCUT2D eigenvalue weighted by atomic mass is 10.0. The lowest BCUT2D eigenvalue weighted by Crippen LogP contribution is -2.38. The highest BCUT2D eigenvalue weighted by atomic mass is 16.5. The summed E-state index contributed by atoms with van der Waals surface area (Å²) in [4.78, 5) is 12.6. The Labute approximate surface area is 156 Å². The van der Waals surface area contributed by atoms with Crippen LogP contribution in [0, 0.1) is 6.92 Å². The number of benzene rings is 2. The molecule has 0 radical (unpaired) electrons. The smallest absolute Gasteiger partial charge is 0.261 e. The van der Waals surface area contributed by atoms with Crippen LogP contribution in [-0.2, 0) is 11.2 Å². The first kappa shape index (κ1) is 19.8. The van der Waals surface area contributed by atoms with Crippen LogP contribution in [0.5, 0.6) is 11.5 Å². The first-order valence-corrected chi connectivity index (χ1v) is 9.19. The van der Waals surface area contributed by atoms with Gasteiger partial charge >= 0.3 is 0 Å². The van der Waals surface area contributed by atoms with Crippen molar-refractivity contribution < 1.29 is 14.3 Å².